The van der Waals surface area contributed by atoms with Crippen LogP contribution in [0.4, 0.5) is 0 Å². The molecule has 0 radical (unpaired) electrons. The monoisotopic (exact) mass is 226 g/mol. The molecule has 1 aliphatic carbocycles. The van der Waals surface area contributed by atoms with Crippen LogP contribution in [0.1, 0.15) is 12.8 Å². The van der Waals surface area contributed by atoms with Gasteiger partial charge in [-0.2, -0.15) is 0 Å². The average Bonchev–Trinajstić information content (AvgIpc) is 1.63. The number of carbonyl (C=O) groups is 1. The van der Waals surface area contributed by atoms with E-state index in [2.05, 4.69) is 31.9 Å². The van der Waals surface area contributed by atoms with Crippen molar-refractivity contribution in [2.24, 2.45) is 0 Å². The normalized spacial score (nSPS) is 26.9. The highest BCUT2D eigenvalue weighted by Crippen LogP contribution is 2.41. The first kappa shape index (κ1) is 5.76. The van der Waals surface area contributed by atoms with Crippen molar-refractivity contribution < 1.29 is 4.79 Å². The van der Waals surface area contributed by atoms with Crippen molar-refractivity contribution in [2.75, 3.05) is 0 Å². The quantitative estimate of drug-likeness (QED) is 0.578. The van der Waals surface area contributed by atoms with Gasteiger partial charge in [-0.1, -0.05) is 31.9 Å². The summed E-state index contributed by atoms with van der Waals surface area (Å²) in [5.74, 6) is 0.257. The van der Waals surface area contributed by atoms with Crippen LogP contribution in [0.25, 0.3) is 0 Å². The van der Waals surface area contributed by atoms with Crippen molar-refractivity contribution >= 4 is 37.6 Å². The van der Waals surface area contributed by atoms with Crippen molar-refractivity contribution in [3.05, 3.63) is 0 Å². The van der Waals surface area contributed by atoms with E-state index >= 15 is 0 Å². The lowest BCUT2D eigenvalue weighted by atomic mass is 9.98. The second-order valence-electron chi connectivity index (χ2n) is 1.63. The summed E-state index contributed by atoms with van der Waals surface area (Å²) in [6.07, 6.45) is 1.64. The molecule has 3 heteroatoms. The van der Waals surface area contributed by atoms with Crippen molar-refractivity contribution in [1.82, 2.24) is 0 Å². The topological polar surface area (TPSA) is 17.1 Å². The van der Waals surface area contributed by atoms with Crippen LogP contribution in [0.15, 0.2) is 0 Å². The molecule has 1 saturated carbocycles. The Labute approximate surface area is 58.7 Å². The number of carbonyl (C=O) groups excluding carboxylic acids is 1. The Bertz CT molecular complexity index is 108. The smallest absolute Gasteiger partial charge is 0.160 e. The number of hydrogen-bond donors (Lipinski definition) is 0. The maximum atomic E-state index is 10.5. The molecule has 1 rings (SSSR count). The molecule has 0 spiro atoms. The van der Waals surface area contributed by atoms with Crippen molar-refractivity contribution in [3.8, 4) is 0 Å². The zero-order chi connectivity index (χ0) is 5.49. The zero-order valence-electron chi connectivity index (χ0n) is 3.58. The SMILES string of the molecule is O=C1CCC1(Br)Br. The van der Waals surface area contributed by atoms with E-state index in [1.165, 1.54) is 0 Å². The highest BCUT2D eigenvalue weighted by atomic mass is 79.9. The van der Waals surface area contributed by atoms with Gasteiger partial charge in [0.1, 0.15) is 3.23 Å². The molecule has 0 bridgehead atoms. The van der Waals surface area contributed by atoms with Crippen LogP contribution in [0.2, 0.25) is 0 Å². The van der Waals surface area contributed by atoms with Crippen LogP contribution in [0.5, 0.6) is 0 Å². The van der Waals surface area contributed by atoms with Gasteiger partial charge in [-0.25, -0.2) is 0 Å². The summed E-state index contributed by atoms with van der Waals surface area (Å²) in [6.45, 7) is 0. The van der Waals surface area contributed by atoms with Gasteiger partial charge in [0.15, 0.2) is 5.78 Å². The zero-order valence-corrected chi connectivity index (χ0v) is 6.75. The molecule has 1 fully saturated rings. The van der Waals surface area contributed by atoms with E-state index in [9.17, 15) is 4.79 Å². The van der Waals surface area contributed by atoms with Crippen LogP contribution in [0.3, 0.4) is 0 Å². The fraction of sp³-hybridized carbons (Fsp3) is 0.750. The van der Waals surface area contributed by atoms with Gasteiger partial charge in [0.05, 0.1) is 0 Å². The molecule has 0 amide bonds. The highest BCUT2D eigenvalue weighted by Gasteiger charge is 2.40. The minimum Gasteiger partial charge on any atom is -0.297 e. The Balaban J connectivity index is 2.59. The van der Waals surface area contributed by atoms with Crippen molar-refractivity contribution in [2.45, 2.75) is 16.1 Å². The summed E-state index contributed by atoms with van der Waals surface area (Å²) >= 11 is 6.39. The van der Waals surface area contributed by atoms with Gasteiger partial charge in [0.25, 0.3) is 0 Å². The minimum atomic E-state index is -0.333. The Kier molecular flexibility index (Phi) is 1.28. The maximum Gasteiger partial charge on any atom is 0.160 e. The molecule has 7 heavy (non-hydrogen) atoms. The predicted molar refractivity (Wildman–Crippen MR) is 34.8 cm³/mol. The third-order valence-electron chi connectivity index (χ3n) is 1.07. The Morgan fingerprint density at radius 3 is 2.00 bits per heavy atom. The molecule has 0 aromatic carbocycles. The van der Waals surface area contributed by atoms with E-state index in [0.717, 1.165) is 12.8 Å². The van der Waals surface area contributed by atoms with Crippen molar-refractivity contribution in [1.29, 1.82) is 0 Å². The average molecular weight is 228 g/mol. The molecule has 40 valence electrons. The Morgan fingerprint density at radius 2 is 2.00 bits per heavy atom. The summed E-state index contributed by atoms with van der Waals surface area (Å²) in [5.41, 5.74) is 0. The molecule has 0 unspecified atom stereocenters. The summed E-state index contributed by atoms with van der Waals surface area (Å²) in [4.78, 5) is 10.5. The van der Waals surface area contributed by atoms with Gasteiger partial charge < -0.3 is 0 Å². The number of alkyl halides is 2. The third-order valence-corrected chi connectivity index (χ3v) is 2.75. The number of hydrogen-bond acceptors (Lipinski definition) is 1. The predicted octanol–water partition coefficient (Wildman–Crippen LogP) is 1.84. The van der Waals surface area contributed by atoms with Gasteiger partial charge in [0.2, 0.25) is 0 Å². The van der Waals surface area contributed by atoms with E-state index < -0.39 is 0 Å². The number of halogens is 2. The summed E-state index contributed by atoms with van der Waals surface area (Å²) < 4.78 is -0.333. The Morgan fingerprint density at radius 1 is 1.57 bits per heavy atom. The lowest BCUT2D eigenvalue weighted by molar-refractivity contribution is -0.123. The second kappa shape index (κ2) is 1.55. The molecule has 0 aliphatic heterocycles. The van der Waals surface area contributed by atoms with Crippen LogP contribution in [-0.2, 0) is 4.79 Å². The van der Waals surface area contributed by atoms with E-state index in [4.69, 9.17) is 0 Å². The van der Waals surface area contributed by atoms with E-state index in [0.29, 0.717) is 0 Å². The molecule has 1 nitrogen and oxygen atoms in total. The summed E-state index contributed by atoms with van der Waals surface area (Å²) in [5, 5.41) is 0. The molecule has 0 atom stereocenters. The van der Waals surface area contributed by atoms with Crippen LogP contribution in [-0.4, -0.2) is 9.02 Å². The first-order valence-electron chi connectivity index (χ1n) is 2.04. The van der Waals surface area contributed by atoms with E-state index in [-0.39, 0.29) is 9.02 Å². The van der Waals surface area contributed by atoms with Crippen molar-refractivity contribution in [3.63, 3.8) is 0 Å². The minimum absolute atomic E-state index is 0.257. The third kappa shape index (κ3) is 0.891. The van der Waals surface area contributed by atoms with Gasteiger partial charge in [-0.15, -0.1) is 0 Å². The number of rotatable bonds is 0. The number of Topliss-reactive ketones (excluding diaryl/α,β-unsaturated/α-hetero) is 1. The first-order chi connectivity index (χ1) is 3.13. The molecule has 0 aromatic heterocycles. The van der Waals surface area contributed by atoms with Gasteiger partial charge >= 0.3 is 0 Å². The van der Waals surface area contributed by atoms with Crippen LogP contribution >= 0.6 is 31.9 Å². The molecule has 0 aromatic rings. The van der Waals surface area contributed by atoms with Crippen LogP contribution < -0.4 is 0 Å². The lowest BCUT2D eigenvalue weighted by Crippen LogP contribution is -2.35. The lowest BCUT2D eigenvalue weighted by Gasteiger charge is -2.27. The standard InChI is InChI=1S/C4H4Br2O/c5-4(6)2-1-3(4)7/h1-2H2. The molecule has 0 heterocycles. The molecular formula is C4H4Br2O. The Hall–Kier alpha value is 0.630. The van der Waals surface area contributed by atoms with Gasteiger partial charge in [0, 0.05) is 6.42 Å². The van der Waals surface area contributed by atoms with Gasteiger partial charge in [-0.05, 0) is 6.42 Å². The maximum absolute atomic E-state index is 10.5. The highest BCUT2D eigenvalue weighted by molar-refractivity contribution is 9.26. The molecule has 1 aliphatic rings. The van der Waals surface area contributed by atoms with Crippen LogP contribution in [0, 0.1) is 0 Å². The largest absolute Gasteiger partial charge is 0.297 e. The molecule has 0 saturated heterocycles. The fourth-order valence-electron chi connectivity index (χ4n) is 0.416. The fourth-order valence-corrected chi connectivity index (χ4v) is 1.21. The summed E-state index contributed by atoms with van der Waals surface area (Å²) in [7, 11) is 0. The second-order valence-corrected chi connectivity index (χ2v) is 5.40. The summed E-state index contributed by atoms with van der Waals surface area (Å²) in [6, 6.07) is 0. The molecule has 0 N–H and O–H groups in total. The van der Waals surface area contributed by atoms with Gasteiger partial charge in [-0.3, -0.25) is 4.79 Å². The van der Waals surface area contributed by atoms with E-state index in [1.54, 1.807) is 0 Å². The molecular weight excluding hydrogens is 224 g/mol. The van der Waals surface area contributed by atoms with E-state index in [1.807, 2.05) is 0 Å². The number of ketones is 1. The first-order valence-corrected chi connectivity index (χ1v) is 3.63.